The van der Waals surface area contributed by atoms with Crippen LogP contribution in [-0.4, -0.2) is 7.11 Å². The summed E-state index contributed by atoms with van der Waals surface area (Å²) >= 11 is 3.48. The van der Waals surface area contributed by atoms with E-state index in [1.807, 2.05) is 6.07 Å². The Labute approximate surface area is 111 Å². The van der Waals surface area contributed by atoms with Crippen molar-refractivity contribution in [2.45, 2.75) is 12.3 Å². The van der Waals surface area contributed by atoms with E-state index in [2.05, 4.69) is 59.3 Å². The van der Waals surface area contributed by atoms with Crippen molar-refractivity contribution < 1.29 is 4.74 Å². The van der Waals surface area contributed by atoms with E-state index in [4.69, 9.17) is 4.74 Å². The molecule has 0 unspecified atom stereocenters. The van der Waals surface area contributed by atoms with Crippen LogP contribution >= 0.6 is 15.9 Å². The van der Waals surface area contributed by atoms with Crippen molar-refractivity contribution in [3.05, 3.63) is 53.6 Å². The molecular weight excluding hydrogens is 276 g/mol. The molecule has 0 aliphatic carbocycles. The van der Waals surface area contributed by atoms with Gasteiger partial charge in [-0.3, -0.25) is 0 Å². The highest BCUT2D eigenvalue weighted by atomic mass is 79.9. The van der Waals surface area contributed by atoms with Crippen molar-refractivity contribution in [1.82, 2.24) is 0 Å². The summed E-state index contributed by atoms with van der Waals surface area (Å²) in [6, 6.07) is 14.7. The third-order valence-electron chi connectivity index (χ3n) is 2.75. The van der Waals surface area contributed by atoms with Crippen LogP contribution in [0, 0.1) is 6.92 Å². The summed E-state index contributed by atoms with van der Waals surface area (Å²) in [5, 5.41) is 0.870. The minimum absolute atomic E-state index is 0.870. The number of rotatable bonds is 3. The molecule has 2 aromatic carbocycles. The average Bonchev–Trinajstić information content (AvgIpc) is 2.39. The maximum atomic E-state index is 5.42. The predicted molar refractivity (Wildman–Crippen MR) is 75.8 cm³/mol. The van der Waals surface area contributed by atoms with Crippen LogP contribution in [0.25, 0.3) is 11.1 Å². The molecule has 0 aliphatic heterocycles. The van der Waals surface area contributed by atoms with Gasteiger partial charge in [0.2, 0.25) is 0 Å². The van der Waals surface area contributed by atoms with Crippen LogP contribution in [-0.2, 0) is 5.33 Å². The second-order valence-corrected chi connectivity index (χ2v) is 4.60. The Hall–Kier alpha value is -1.28. The molecule has 2 heteroatoms. The number of hydrogen-bond donors (Lipinski definition) is 0. The number of alkyl halides is 1. The molecule has 0 amide bonds. The summed E-state index contributed by atoms with van der Waals surface area (Å²) < 4.78 is 5.42. The Kier molecular flexibility index (Phi) is 3.85. The number of methoxy groups -OCH3 is 1. The first-order valence-electron chi connectivity index (χ1n) is 5.54. The van der Waals surface area contributed by atoms with Crippen LogP contribution in [0.3, 0.4) is 0 Å². The van der Waals surface area contributed by atoms with Gasteiger partial charge in [0.15, 0.2) is 0 Å². The molecule has 0 aliphatic rings. The smallest absolute Gasteiger partial charge is 0.126 e. The van der Waals surface area contributed by atoms with E-state index in [0.29, 0.717) is 0 Å². The lowest BCUT2D eigenvalue weighted by atomic mass is 10.0. The van der Waals surface area contributed by atoms with Gasteiger partial charge in [-0.2, -0.15) is 0 Å². The monoisotopic (exact) mass is 290 g/mol. The van der Waals surface area contributed by atoms with Crippen LogP contribution in [0.4, 0.5) is 0 Å². The van der Waals surface area contributed by atoms with Crippen molar-refractivity contribution in [2.75, 3.05) is 7.11 Å². The lowest BCUT2D eigenvalue weighted by Crippen LogP contribution is -1.89. The molecule has 0 saturated heterocycles. The normalized spacial score (nSPS) is 10.3. The number of benzene rings is 2. The number of hydrogen-bond acceptors (Lipinski definition) is 1. The van der Waals surface area contributed by atoms with Gasteiger partial charge in [-0.25, -0.2) is 0 Å². The fourth-order valence-electron chi connectivity index (χ4n) is 1.87. The van der Waals surface area contributed by atoms with E-state index in [-0.39, 0.29) is 0 Å². The summed E-state index contributed by atoms with van der Waals surface area (Å²) in [5.41, 5.74) is 4.86. The van der Waals surface area contributed by atoms with Crippen LogP contribution in [0.5, 0.6) is 5.75 Å². The van der Waals surface area contributed by atoms with Gasteiger partial charge in [-0.15, -0.1) is 0 Å². The van der Waals surface area contributed by atoms with E-state index >= 15 is 0 Å². The SMILES string of the molecule is COc1ccc(C)cc1-c1cccc(CBr)c1. The first-order valence-corrected chi connectivity index (χ1v) is 6.66. The molecule has 0 bridgehead atoms. The molecule has 0 fully saturated rings. The van der Waals surface area contributed by atoms with Gasteiger partial charge in [0.25, 0.3) is 0 Å². The van der Waals surface area contributed by atoms with Gasteiger partial charge >= 0.3 is 0 Å². The van der Waals surface area contributed by atoms with Crippen LogP contribution in [0.2, 0.25) is 0 Å². The number of halogens is 1. The molecule has 0 heterocycles. The Morgan fingerprint density at radius 2 is 1.94 bits per heavy atom. The summed E-state index contributed by atoms with van der Waals surface area (Å²) in [5.74, 6) is 0.919. The fraction of sp³-hybridized carbons (Fsp3) is 0.200. The summed E-state index contributed by atoms with van der Waals surface area (Å²) in [6.07, 6.45) is 0. The third kappa shape index (κ3) is 2.70. The molecule has 0 atom stereocenters. The fourth-order valence-corrected chi connectivity index (χ4v) is 2.22. The first kappa shape index (κ1) is 12.2. The Morgan fingerprint density at radius 3 is 2.65 bits per heavy atom. The zero-order valence-electron chi connectivity index (χ0n) is 10.0. The van der Waals surface area contributed by atoms with Gasteiger partial charge in [-0.1, -0.05) is 51.8 Å². The van der Waals surface area contributed by atoms with Crippen molar-refractivity contribution in [3.63, 3.8) is 0 Å². The highest BCUT2D eigenvalue weighted by Crippen LogP contribution is 2.31. The van der Waals surface area contributed by atoms with Crippen molar-refractivity contribution >= 4 is 15.9 Å². The molecule has 88 valence electrons. The first-order chi connectivity index (χ1) is 8.24. The minimum atomic E-state index is 0.870. The predicted octanol–water partition coefficient (Wildman–Crippen LogP) is 4.57. The maximum Gasteiger partial charge on any atom is 0.126 e. The minimum Gasteiger partial charge on any atom is -0.496 e. The lowest BCUT2D eigenvalue weighted by Gasteiger charge is -2.10. The van der Waals surface area contributed by atoms with E-state index in [9.17, 15) is 0 Å². The van der Waals surface area contributed by atoms with Crippen molar-refractivity contribution in [2.24, 2.45) is 0 Å². The number of ether oxygens (including phenoxy) is 1. The van der Waals surface area contributed by atoms with Crippen LogP contribution in [0.15, 0.2) is 42.5 Å². The second-order valence-electron chi connectivity index (χ2n) is 4.04. The third-order valence-corrected chi connectivity index (χ3v) is 3.39. The van der Waals surface area contributed by atoms with E-state index in [0.717, 1.165) is 16.6 Å². The van der Waals surface area contributed by atoms with Gasteiger partial charge < -0.3 is 4.74 Å². The number of aryl methyl sites for hydroxylation is 1. The van der Waals surface area contributed by atoms with Gasteiger partial charge in [0.1, 0.15) is 5.75 Å². The van der Waals surface area contributed by atoms with E-state index < -0.39 is 0 Å². The molecule has 0 N–H and O–H groups in total. The standard InChI is InChI=1S/C15H15BrO/c1-11-6-7-15(17-2)14(8-11)13-5-3-4-12(9-13)10-16/h3-9H,10H2,1-2H3. The summed E-state index contributed by atoms with van der Waals surface area (Å²) in [4.78, 5) is 0. The van der Waals surface area contributed by atoms with Gasteiger partial charge in [-0.05, 0) is 30.2 Å². The molecule has 17 heavy (non-hydrogen) atoms. The Morgan fingerprint density at radius 1 is 1.12 bits per heavy atom. The van der Waals surface area contributed by atoms with Gasteiger partial charge in [0.05, 0.1) is 7.11 Å². The van der Waals surface area contributed by atoms with E-state index in [1.54, 1.807) is 7.11 Å². The topological polar surface area (TPSA) is 9.23 Å². The van der Waals surface area contributed by atoms with Crippen LogP contribution < -0.4 is 4.74 Å². The van der Waals surface area contributed by atoms with E-state index in [1.165, 1.54) is 16.7 Å². The molecule has 0 spiro atoms. The Balaban J connectivity index is 2.54. The Bertz CT molecular complexity index is 520. The molecule has 0 aromatic heterocycles. The zero-order chi connectivity index (χ0) is 12.3. The quantitative estimate of drug-likeness (QED) is 0.753. The zero-order valence-corrected chi connectivity index (χ0v) is 11.6. The largest absolute Gasteiger partial charge is 0.496 e. The summed E-state index contributed by atoms with van der Waals surface area (Å²) in [6.45, 7) is 2.09. The molecule has 0 saturated carbocycles. The van der Waals surface area contributed by atoms with Crippen molar-refractivity contribution in [3.8, 4) is 16.9 Å². The van der Waals surface area contributed by atoms with Crippen LogP contribution in [0.1, 0.15) is 11.1 Å². The second kappa shape index (κ2) is 5.37. The molecule has 2 aromatic rings. The molecule has 0 radical (unpaired) electrons. The van der Waals surface area contributed by atoms with Gasteiger partial charge in [0, 0.05) is 10.9 Å². The van der Waals surface area contributed by atoms with Crippen molar-refractivity contribution in [1.29, 1.82) is 0 Å². The highest BCUT2D eigenvalue weighted by molar-refractivity contribution is 9.08. The highest BCUT2D eigenvalue weighted by Gasteiger charge is 2.06. The molecule has 2 rings (SSSR count). The molecule has 1 nitrogen and oxygen atoms in total. The summed E-state index contributed by atoms with van der Waals surface area (Å²) in [7, 11) is 1.71. The lowest BCUT2D eigenvalue weighted by molar-refractivity contribution is 0.416. The average molecular weight is 291 g/mol. The molecular formula is C15H15BrO. The maximum absolute atomic E-state index is 5.42.